The summed E-state index contributed by atoms with van der Waals surface area (Å²) < 4.78 is 18.7. The number of hydrogen-bond acceptors (Lipinski definition) is 6. The third-order valence-corrected chi connectivity index (χ3v) is 5.79. The predicted molar refractivity (Wildman–Crippen MR) is 106 cm³/mol. The first-order valence-electron chi connectivity index (χ1n) is 10.2. The van der Waals surface area contributed by atoms with E-state index in [4.69, 9.17) is 14.2 Å². The van der Waals surface area contributed by atoms with Crippen molar-refractivity contribution in [3.05, 3.63) is 35.9 Å². The summed E-state index contributed by atoms with van der Waals surface area (Å²) in [6.45, 7) is 3.31. The molecule has 2 aromatic rings. The molecule has 1 aromatic heterocycles. The van der Waals surface area contributed by atoms with Gasteiger partial charge >= 0.3 is 0 Å². The minimum atomic E-state index is -0.862. The highest BCUT2D eigenvalue weighted by molar-refractivity contribution is 5.84. The van der Waals surface area contributed by atoms with Gasteiger partial charge in [0.15, 0.2) is 17.3 Å². The van der Waals surface area contributed by atoms with Gasteiger partial charge in [0.25, 0.3) is 0 Å². The number of carbonyl (C=O) groups is 1. The molecule has 156 valence electrons. The average molecular weight is 400 g/mol. The molecule has 29 heavy (non-hydrogen) atoms. The van der Waals surface area contributed by atoms with E-state index in [2.05, 4.69) is 15.5 Å². The molecule has 8 heteroatoms. The van der Waals surface area contributed by atoms with Crippen LogP contribution >= 0.6 is 0 Å². The highest BCUT2D eigenvalue weighted by Crippen LogP contribution is 2.37. The lowest BCUT2D eigenvalue weighted by Gasteiger charge is -2.35. The van der Waals surface area contributed by atoms with Crippen molar-refractivity contribution in [2.24, 2.45) is 0 Å². The zero-order chi connectivity index (χ0) is 20.3. The zero-order valence-corrected chi connectivity index (χ0v) is 17.0. The summed E-state index contributed by atoms with van der Waals surface area (Å²) in [6, 6.07) is 7.45. The van der Waals surface area contributed by atoms with Crippen LogP contribution < -0.4 is 14.8 Å². The molecule has 0 bridgehead atoms. The second kappa shape index (κ2) is 8.41. The molecule has 0 saturated heterocycles. The first-order valence-corrected chi connectivity index (χ1v) is 10.2. The van der Waals surface area contributed by atoms with E-state index in [0.717, 1.165) is 24.5 Å². The van der Waals surface area contributed by atoms with Crippen LogP contribution in [0.2, 0.25) is 0 Å². The number of hydrogen-bond donors (Lipinski definition) is 1. The molecule has 0 spiro atoms. The molecule has 2 heterocycles. The van der Waals surface area contributed by atoms with Gasteiger partial charge in [-0.15, -0.1) is 10.2 Å². The van der Waals surface area contributed by atoms with Gasteiger partial charge < -0.3 is 19.5 Å². The molecule has 1 aromatic carbocycles. The third kappa shape index (κ3) is 3.81. The summed E-state index contributed by atoms with van der Waals surface area (Å²) in [5, 5.41) is 11.7. The Kier molecular flexibility index (Phi) is 5.71. The topological polar surface area (TPSA) is 87.5 Å². The number of aromatic nitrogens is 3. The molecular formula is C21H28N4O4. The molecule has 1 unspecified atom stereocenters. The lowest BCUT2D eigenvalue weighted by Crippen LogP contribution is -2.53. The number of carbonyl (C=O) groups excluding carboxylic acids is 1. The first-order chi connectivity index (χ1) is 14.1. The van der Waals surface area contributed by atoms with E-state index in [0.29, 0.717) is 43.8 Å². The minimum absolute atomic E-state index is 0.110. The number of nitrogens with one attached hydrogen (secondary N) is 1. The number of methoxy groups -OCH3 is 1. The Balaban J connectivity index is 1.42. The number of nitrogens with zero attached hydrogens (tertiary/aromatic N) is 3. The summed E-state index contributed by atoms with van der Waals surface area (Å²) >= 11 is 0. The molecule has 2 aliphatic rings. The van der Waals surface area contributed by atoms with Gasteiger partial charge in [0.05, 0.1) is 20.3 Å². The summed E-state index contributed by atoms with van der Waals surface area (Å²) in [4.78, 5) is 13.1. The molecule has 1 atom stereocenters. The van der Waals surface area contributed by atoms with Gasteiger partial charge in [0, 0.05) is 5.92 Å². The Bertz CT molecular complexity index is 862. The fraction of sp³-hybridized carbons (Fsp3) is 0.571. The summed E-state index contributed by atoms with van der Waals surface area (Å²) in [5.74, 6) is 3.23. The van der Waals surface area contributed by atoms with Gasteiger partial charge in [0.2, 0.25) is 5.91 Å². The van der Waals surface area contributed by atoms with Crippen LogP contribution in [0.5, 0.6) is 11.5 Å². The molecule has 4 rings (SSSR count). The van der Waals surface area contributed by atoms with Gasteiger partial charge in [-0.3, -0.25) is 9.36 Å². The van der Waals surface area contributed by atoms with E-state index in [1.165, 1.54) is 12.8 Å². The number of benzene rings is 1. The quantitative estimate of drug-likeness (QED) is 0.718. The van der Waals surface area contributed by atoms with Crippen molar-refractivity contribution < 1.29 is 19.0 Å². The van der Waals surface area contributed by atoms with Crippen LogP contribution in [0.3, 0.4) is 0 Å². The Morgan fingerprint density at radius 1 is 1.28 bits per heavy atom. The van der Waals surface area contributed by atoms with Crippen molar-refractivity contribution in [3.63, 3.8) is 0 Å². The highest BCUT2D eigenvalue weighted by Gasteiger charge is 2.43. The maximum Gasteiger partial charge on any atom is 0.248 e. The van der Waals surface area contributed by atoms with E-state index in [1.807, 2.05) is 35.8 Å². The summed E-state index contributed by atoms with van der Waals surface area (Å²) in [5.41, 5.74) is -0.862. The van der Waals surface area contributed by atoms with E-state index in [9.17, 15) is 4.79 Å². The molecule has 1 fully saturated rings. The standard InChI is InChI=1S/C21H28N4O4/c1-21(20(26)22-11-12-29-17-10-6-5-9-16(17)27-2)14-28-13-18-23-24-19(25(18)21)15-7-3-4-8-15/h5-6,9-10,15H,3-4,7-8,11-14H2,1-2H3,(H,22,26). The van der Waals surface area contributed by atoms with Crippen molar-refractivity contribution in [1.82, 2.24) is 20.1 Å². The van der Waals surface area contributed by atoms with E-state index < -0.39 is 5.54 Å². The highest BCUT2D eigenvalue weighted by atomic mass is 16.5. The maximum atomic E-state index is 13.1. The second-order valence-corrected chi connectivity index (χ2v) is 7.81. The number of rotatable bonds is 7. The van der Waals surface area contributed by atoms with Crippen LogP contribution in [-0.2, 0) is 21.7 Å². The van der Waals surface area contributed by atoms with Gasteiger partial charge in [-0.25, -0.2) is 0 Å². The first kappa shape index (κ1) is 19.7. The van der Waals surface area contributed by atoms with Gasteiger partial charge in [0.1, 0.15) is 24.6 Å². The lowest BCUT2D eigenvalue weighted by atomic mass is 9.98. The van der Waals surface area contributed by atoms with Crippen LogP contribution in [0, 0.1) is 0 Å². The Morgan fingerprint density at radius 3 is 2.79 bits per heavy atom. The SMILES string of the molecule is COc1ccccc1OCCNC(=O)C1(C)COCc2nnc(C3CCCC3)n21. The summed E-state index contributed by atoms with van der Waals surface area (Å²) in [6.07, 6.45) is 4.60. The van der Waals surface area contributed by atoms with Crippen molar-refractivity contribution in [1.29, 1.82) is 0 Å². The van der Waals surface area contributed by atoms with Gasteiger partial charge in [-0.1, -0.05) is 25.0 Å². The number of ether oxygens (including phenoxy) is 3. The molecule has 8 nitrogen and oxygen atoms in total. The van der Waals surface area contributed by atoms with Crippen molar-refractivity contribution in [3.8, 4) is 11.5 Å². The maximum absolute atomic E-state index is 13.1. The Labute approximate surface area is 170 Å². The fourth-order valence-corrected chi connectivity index (χ4v) is 4.24. The molecule has 1 amide bonds. The van der Waals surface area contributed by atoms with Gasteiger partial charge in [-0.2, -0.15) is 0 Å². The smallest absolute Gasteiger partial charge is 0.248 e. The largest absolute Gasteiger partial charge is 0.493 e. The van der Waals surface area contributed by atoms with Crippen molar-refractivity contribution in [2.75, 3.05) is 26.9 Å². The normalized spacial score (nSPS) is 21.6. The van der Waals surface area contributed by atoms with Crippen LogP contribution in [0.4, 0.5) is 0 Å². The fourth-order valence-electron chi connectivity index (χ4n) is 4.24. The minimum Gasteiger partial charge on any atom is -0.493 e. The average Bonchev–Trinajstić information content (AvgIpc) is 3.41. The van der Waals surface area contributed by atoms with Crippen LogP contribution in [0.25, 0.3) is 0 Å². The van der Waals surface area contributed by atoms with E-state index >= 15 is 0 Å². The van der Waals surface area contributed by atoms with Crippen molar-refractivity contribution in [2.45, 2.75) is 50.7 Å². The monoisotopic (exact) mass is 400 g/mol. The van der Waals surface area contributed by atoms with Crippen LogP contribution in [0.1, 0.15) is 50.2 Å². The number of para-hydroxylation sites is 2. The number of fused-ring (bicyclic) bond motifs is 1. The lowest BCUT2D eigenvalue weighted by molar-refractivity contribution is -0.135. The predicted octanol–water partition coefficient (Wildman–Crippen LogP) is 2.38. The van der Waals surface area contributed by atoms with Crippen LogP contribution in [0.15, 0.2) is 24.3 Å². The zero-order valence-electron chi connectivity index (χ0n) is 17.0. The molecule has 0 radical (unpaired) electrons. The Morgan fingerprint density at radius 2 is 2.03 bits per heavy atom. The Hall–Kier alpha value is -2.61. The van der Waals surface area contributed by atoms with E-state index in [1.54, 1.807) is 7.11 Å². The second-order valence-electron chi connectivity index (χ2n) is 7.81. The molecular weight excluding hydrogens is 372 g/mol. The third-order valence-electron chi connectivity index (χ3n) is 5.79. The molecule has 1 aliphatic heterocycles. The van der Waals surface area contributed by atoms with Crippen LogP contribution in [-0.4, -0.2) is 47.5 Å². The van der Waals surface area contributed by atoms with Gasteiger partial charge in [-0.05, 0) is 31.9 Å². The van der Waals surface area contributed by atoms with Crippen molar-refractivity contribution >= 4 is 5.91 Å². The molecule has 1 N–H and O–H groups in total. The number of amides is 1. The molecule has 1 aliphatic carbocycles. The van der Waals surface area contributed by atoms with E-state index in [-0.39, 0.29) is 5.91 Å². The molecule has 1 saturated carbocycles. The summed E-state index contributed by atoms with van der Waals surface area (Å²) in [7, 11) is 1.60.